The normalized spacial score (nSPS) is 10.9. The maximum atomic E-state index is 13.8. The van der Waals surface area contributed by atoms with Crippen molar-refractivity contribution >= 4 is 17.4 Å². The number of aromatic nitrogens is 1. The van der Waals surface area contributed by atoms with E-state index >= 15 is 0 Å². The number of hydrogen-bond donors (Lipinski definition) is 0. The van der Waals surface area contributed by atoms with E-state index in [0.29, 0.717) is 16.5 Å². The molecule has 0 radical (unpaired) electrons. The number of oxazole rings is 1. The lowest BCUT2D eigenvalue weighted by Gasteiger charge is -2.08. The molecule has 3 nitrogen and oxygen atoms in total. The van der Waals surface area contributed by atoms with Crippen LogP contribution in [0.25, 0.3) is 22.6 Å². The number of carbonyl (C=O) groups excluding carboxylic acids is 1. The second kappa shape index (κ2) is 7.97. The van der Waals surface area contributed by atoms with Gasteiger partial charge in [0.2, 0.25) is 5.89 Å². The van der Waals surface area contributed by atoms with Crippen LogP contribution >= 0.6 is 11.6 Å². The van der Waals surface area contributed by atoms with E-state index in [0.717, 1.165) is 28.8 Å². The molecule has 0 amide bonds. The first kappa shape index (κ1) is 19.0. The molecule has 0 spiro atoms. The first-order valence-electron chi connectivity index (χ1n) is 8.79. The second-order valence-electron chi connectivity index (χ2n) is 6.43. The van der Waals surface area contributed by atoms with Gasteiger partial charge in [-0.2, -0.15) is 0 Å². The average Bonchev–Trinajstić information content (AvgIpc) is 3.24. The van der Waals surface area contributed by atoms with Gasteiger partial charge in [0.1, 0.15) is 17.9 Å². The summed E-state index contributed by atoms with van der Waals surface area (Å²) in [5.74, 6) is -1.85. The van der Waals surface area contributed by atoms with Crippen molar-refractivity contribution in [2.45, 2.75) is 6.42 Å². The van der Waals surface area contributed by atoms with Gasteiger partial charge >= 0.3 is 0 Å². The van der Waals surface area contributed by atoms with Crippen molar-refractivity contribution in [1.82, 2.24) is 4.98 Å². The minimum atomic E-state index is -0.859. The van der Waals surface area contributed by atoms with Gasteiger partial charge in [0.25, 0.3) is 0 Å². The van der Waals surface area contributed by atoms with Crippen LogP contribution in [0.1, 0.15) is 15.9 Å². The van der Waals surface area contributed by atoms with Crippen LogP contribution in [-0.2, 0) is 6.42 Å². The zero-order valence-corrected chi connectivity index (χ0v) is 15.8. The molecule has 0 saturated carbocycles. The van der Waals surface area contributed by atoms with Crippen molar-refractivity contribution in [3.05, 3.63) is 101 Å². The molecule has 6 heteroatoms. The molecule has 3 aromatic carbocycles. The minimum Gasteiger partial charge on any atom is -0.445 e. The van der Waals surface area contributed by atoms with Crippen molar-refractivity contribution in [2.24, 2.45) is 0 Å². The van der Waals surface area contributed by atoms with Crippen LogP contribution in [0.3, 0.4) is 0 Å². The Kier molecular flexibility index (Phi) is 5.23. The van der Waals surface area contributed by atoms with Gasteiger partial charge < -0.3 is 4.42 Å². The van der Waals surface area contributed by atoms with E-state index in [1.54, 1.807) is 36.5 Å². The standard InChI is InChI=1S/C23H14ClF2NO2/c24-18-9-8-16(23-27-10-11-29-23)13-17(18)15-6-4-14(5-7-15)12-21(28)22-19(25)2-1-3-20(22)26/h1-11,13H,12H2. The molecule has 0 saturated heterocycles. The lowest BCUT2D eigenvalue weighted by atomic mass is 9.98. The molecule has 0 atom stereocenters. The molecule has 0 aliphatic carbocycles. The van der Waals surface area contributed by atoms with Gasteiger partial charge in [-0.25, -0.2) is 13.8 Å². The third-order valence-electron chi connectivity index (χ3n) is 4.52. The Bertz CT molecular complexity index is 1150. The smallest absolute Gasteiger partial charge is 0.225 e. The van der Waals surface area contributed by atoms with Crippen molar-refractivity contribution < 1.29 is 18.0 Å². The molecule has 1 heterocycles. The van der Waals surface area contributed by atoms with E-state index in [9.17, 15) is 13.6 Å². The summed E-state index contributed by atoms with van der Waals surface area (Å²) < 4.78 is 32.9. The molecule has 4 aromatic rings. The fourth-order valence-corrected chi connectivity index (χ4v) is 3.31. The Hall–Kier alpha value is -3.31. The van der Waals surface area contributed by atoms with Gasteiger partial charge in [-0.15, -0.1) is 0 Å². The maximum Gasteiger partial charge on any atom is 0.225 e. The van der Waals surface area contributed by atoms with E-state index in [-0.39, 0.29) is 6.42 Å². The summed E-state index contributed by atoms with van der Waals surface area (Å²) in [6.07, 6.45) is 2.95. The quantitative estimate of drug-likeness (QED) is 0.360. The molecule has 1 aromatic heterocycles. The highest BCUT2D eigenvalue weighted by Gasteiger charge is 2.17. The number of nitrogens with zero attached hydrogens (tertiary/aromatic N) is 1. The van der Waals surface area contributed by atoms with Crippen molar-refractivity contribution in [3.63, 3.8) is 0 Å². The van der Waals surface area contributed by atoms with E-state index in [4.69, 9.17) is 16.0 Å². The van der Waals surface area contributed by atoms with Gasteiger partial charge in [-0.1, -0.05) is 41.9 Å². The van der Waals surface area contributed by atoms with Crippen molar-refractivity contribution in [3.8, 4) is 22.6 Å². The SMILES string of the molecule is O=C(Cc1ccc(-c2cc(-c3ncco3)ccc2Cl)cc1)c1c(F)cccc1F. The molecule has 144 valence electrons. The van der Waals surface area contributed by atoms with E-state index in [1.807, 2.05) is 12.1 Å². The third kappa shape index (κ3) is 3.96. The average molecular weight is 410 g/mol. The second-order valence-corrected chi connectivity index (χ2v) is 6.83. The summed E-state index contributed by atoms with van der Waals surface area (Å²) in [4.78, 5) is 16.5. The number of benzene rings is 3. The Morgan fingerprint density at radius 3 is 2.31 bits per heavy atom. The fourth-order valence-electron chi connectivity index (χ4n) is 3.09. The number of rotatable bonds is 5. The Morgan fingerprint density at radius 2 is 1.66 bits per heavy atom. The van der Waals surface area contributed by atoms with Gasteiger partial charge in [0, 0.05) is 22.6 Å². The van der Waals surface area contributed by atoms with Gasteiger partial charge in [0.15, 0.2) is 5.78 Å². The first-order chi connectivity index (χ1) is 14.0. The zero-order chi connectivity index (χ0) is 20.4. The van der Waals surface area contributed by atoms with Crippen LogP contribution in [-0.4, -0.2) is 10.8 Å². The Morgan fingerprint density at radius 1 is 0.966 bits per heavy atom. The molecular formula is C23H14ClF2NO2. The molecule has 0 aliphatic heterocycles. The molecule has 0 bridgehead atoms. The molecule has 0 fully saturated rings. The predicted molar refractivity (Wildman–Crippen MR) is 107 cm³/mol. The highest BCUT2D eigenvalue weighted by molar-refractivity contribution is 6.33. The molecule has 0 unspecified atom stereocenters. The molecule has 29 heavy (non-hydrogen) atoms. The zero-order valence-electron chi connectivity index (χ0n) is 15.0. The van der Waals surface area contributed by atoms with Crippen LogP contribution < -0.4 is 0 Å². The van der Waals surface area contributed by atoms with E-state index < -0.39 is 23.0 Å². The maximum absolute atomic E-state index is 13.8. The summed E-state index contributed by atoms with van der Waals surface area (Å²) >= 11 is 6.34. The van der Waals surface area contributed by atoms with Crippen molar-refractivity contribution in [1.29, 1.82) is 0 Å². The molecule has 0 N–H and O–H groups in total. The first-order valence-corrected chi connectivity index (χ1v) is 9.16. The lowest BCUT2D eigenvalue weighted by Crippen LogP contribution is -2.09. The fraction of sp³-hybridized carbons (Fsp3) is 0.0435. The summed E-state index contributed by atoms with van der Waals surface area (Å²) in [7, 11) is 0. The summed E-state index contributed by atoms with van der Waals surface area (Å²) in [6.45, 7) is 0. The van der Waals surface area contributed by atoms with Gasteiger partial charge in [0.05, 0.1) is 11.8 Å². The van der Waals surface area contributed by atoms with Gasteiger partial charge in [-0.3, -0.25) is 4.79 Å². The summed E-state index contributed by atoms with van der Waals surface area (Å²) in [5.41, 5.74) is 2.51. The highest BCUT2D eigenvalue weighted by Crippen LogP contribution is 2.32. The van der Waals surface area contributed by atoms with Crippen LogP contribution in [0.5, 0.6) is 0 Å². The number of ketones is 1. The third-order valence-corrected chi connectivity index (χ3v) is 4.85. The summed E-state index contributed by atoms with van der Waals surface area (Å²) in [6, 6.07) is 15.9. The Balaban J connectivity index is 1.59. The van der Waals surface area contributed by atoms with Crippen molar-refractivity contribution in [2.75, 3.05) is 0 Å². The predicted octanol–water partition coefficient (Wildman–Crippen LogP) is 6.37. The number of hydrogen-bond acceptors (Lipinski definition) is 3. The number of Topliss-reactive ketones (excluding diaryl/α,β-unsaturated/α-hetero) is 1. The van der Waals surface area contributed by atoms with Crippen LogP contribution in [0, 0.1) is 11.6 Å². The molecular weight excluding hydrogens is 396 g/mol. The van der Waals surface area contributed by atoms with Crippen LogP contribution in [0.2, 0.25) is 5.02 Å². The van der Waals surface area contributed by atoms with E-state index in [1.165, 1.54) is 12.3 Å². The molecule has 0 aliphatic rings. The minimum absolute atomic E-state index is 0.109. The van der Waals surface area contributed by atoms with Gasteiger partial charge in [-0.05, 0) is 41.5 Å². The largest absolute Gasteiger partial charge is 0.445 e. The lowest BCUT2D eigenvalue weighted by molar-refractivity contribution is 0.0985. The van der Waals surface area contributed by atoms with Crippen LogP contribution in [0.15, 0.2) is 77.5 Å². The number of halogens is 3. The van der Waals surface area contributed by atoms with E-state index in [2.05, 4.69) is 4.98 Å². The monoisotopic (exact) mass is 409 g/mol. The van der Waals surface area contributed by atoms with Crippen LogP contribution in [0.4, 0.5) is 8.78 Å². The highest BCUT2D eigenvalue weighted by atomic mass is 35.5. The molecule has 4 rings (SSSR count). The summed E-state index contributed by atoms with van der Waals surface area (Å²) in [5, 5.41) is 0.553. The topological polar surface area (TPSA) is 43.1 Å². The Labute approximate surface area is 170 Å². The number of carbonyl (C=O) groups is 1.